The number of aromatic nitrogens is 1. The molecule has 2 N–H and O–H groups in total. The monoisotopic (exact) mass is 628 g/mol. The van der Waals surface area contributed by atoms with Crippen molar-refractivity contribution < 1.29 is 30.5 Å². The predicted molar refractivity (Wildman–Crippen MR) is 165 cm³/mol. The van der Waals surface area contributed by atoms with Crippen LogP contribution in [0.3, 0.4) is 0 Å². The van der Waals surface area contributed by atoms with Gasteiger partial charge in [0.15, 0.2) is 6.54 Å². The maximum Gasteiger partial charge on any atom is 0.265 e. The minimum Gasteiger partial charge on any atom is -0.335 e. The van der Waals surface area contributed by atoms with Gasteiger partial charge in [-0.3, -0.25) is 9.11 Å². The Bertz CT molecular complexity index is 1510. The molecule has 9 nitrogen and oxygen atoms in total. The molecule has 4 rings (SSSR count). The summed E-state index contributed by atoms with van der Waals surface area (Å²) < 4.78 is 66.1. The lowest BCUT2D eigenvalue weighted by molar-refractivity contribution is -0.668. The van der Waals surface area contributed by atoms with Gasteiger partial charge in [-0.2, -0.15) is 21.4 Å². The Morgan fingerprint density at radius 3 is 2.10 bits per heavy atom. The van der Waals surface area contributed by atoms with Gasteiger partial charge in [-0.25, -0.2) is 0 Å². The molecule has 1 aliphatic heterocycles. The van der Waals surface area contributed by atoms with Crippen molar-refractivity contribution in [1.29, 1.82) is 0 Å². The van der Waals surface area contributed by atoms with Gasteiger partial charge in [0, 0.05) is 23.9 Å². The number of para-hydroxylation sites is 2. The molecule has 13 heteroatoms. The van der Waals surface area contributed by atoms with E-state index in [2.05, 4.69) is 25.7 Å². The highest BCUT2D eigenvalue weighted by Crippen LogP contribution is 2.46. The molecule has 1 aliphatic rings. The second kappa shape index (κ2) is 14.8. The summed E-state index contributed by atoms with van der Waals surface area (Å²) in [7, 11) is -8.08. The van der Waals surface area contributed by atoms with Crippen LogP contribution in [0.2, 0.25) is 0 Å². The first kappa shape index (κ1) is 32.5. The van der Waals surface area contributed by atoms with E-state index in [9.17, 15) is 16.8 Å². The topological polar surface area (TPSA) is 119 Å². The molecule has 0 bridgehead atoms. The summed E-state index contributed by atoms with van der Waals surface area (Å²) in [6.07, 6.45) is 2.56. The maximum atomic E-state index is 11.2. The first-order valence-corrected chi connectivity index (χ1v) is 18.1. The molecule has 0 unspecified atom stereocenters. The van der Waals surface area contributed by atoms with Crippen LogP contribution in [0, 0.1) is 0 Å². The van der Waals surface area contributed by atoms with Crippen molar-refractivity contribution in [1.82, 2.24) is 4.90 Å². The Morgan fingerprint density at radius 1 is 0.875 bits per heavy atom. The summed E-state index contributed by atoms with van der Waals surface area (Å²) in [6, 6.07) is 15.7. The second-order valence-electron chi connectivity index (χ2n) is 9.16. The number of rotatable bonds is 12. The minimum absolute atomic E-state index is 0.270. The van der Waals surface area contributed by atoms with Crippen LogP contribution in [0.5, 0.6) is 0 Å². The van der Waals surface area contributed by atoms with Crippen molar-refractivity contribution in [2.24, 2.45) is 0 Å². The number of nitrogens with zero attached hydrogens (tertiary/aromatic N) is 3. The third-order valence-electron chi connectivity index (χ3n) is 6.43. The highest BCUT2D eigenvalue weighted by Gasteiger charge is 2.28. The zero-order valence-corrected chi connectivity index (χ0v) is 26.3. The van der Waals surface area contributed by atoms with Crippen LogP contribution in [0.4, 0.5) is 5.69 Å². The number of hydrogen-bond donors (Lipinski definition) is 2. The van der Waals surface area contributed by atoms with Gasteiger partial charge in [-0.05, 0) is 44.3 Å². The molecule has 0 spiro atoms. The fourth-order valence-electron chi connectivity index (χ4n) is 4.37. The van der Waals surface area contributed by atoms with E-state index >= 15 is 0 Å². The molecule has 3 aromatic rings. The zero-order valence-electron chi connectivity index (χ0n) is 23.1. The average molecular weight is 629 g/mol. The van der Waals surface area contributed by atoms with E-state index in [1.165, 1.54) is 19.6 Å². The van der Waals surface area contributed by atoms with Gasteiger partial charge in [-0.1, -0.05) is 68.1 Å². The number of thioether (sulfide) groups is 1. The molecule has 2 heterocycles. The Kier molecular flexibility index (Phi) is 12.0. The summed E-state index contributed by atoms with van der Waals surface area (Å²) in [6.45, 7) is 11.0. The lowest BCUT2D eigenvalue weighted by Crippen LogP contribution is -2.36. The Labute approximate surface area is 246 Å². The van der Waals surface area contributed by atoms with E-state index in [0.29, 0.717) is 13.1 Å². The molecule has 0 atom stereocenters. The van der Waals surface area contributed by atoms with Crippen molar-refractivity contribution in [3.05, 3.63) is 58.6 Å². The van der Waals surface area contributed by atoms with Gasteiger partial charge in [-0.15, -0.1) is 0 Å². The zero-order chi connectivity index (χ0) is 29.3. The molecule has 0 radical (unpaired) electrons. The number of aryl methyl sites for hydroxylation is 1. The van der Waals surface area contributed by atoms with Gasteiger partial charge in [0.25, 0.3) is 25.2 Å². The third kappa shape index (κ3) is 9.54. The molecule has 220 valence electrons. The van der Waals surface area contributed by atoms with Crippen LogP contribution >= 0.6 is 23.1 Å². The van der Waals surface area contributed by atoms with Crippen molar-refractivity contribution in [2.45, 2.75) is 45.1 Å². The third-order valence-corrected chi connectivity index (χ3v) is 10.3. The molecular formula is C27H38N3O6S4+. The van der Waals surface area contributed by atoms with Crippen LogP contribution in [-0.2, 0) is 26.8 Å². The summed E-state index contributed by atoms with van der Waals surface area (Å²) >= 11 is 3.15. The van der Waals surface area contributed by atoms with Gasteiger partial charge in [0.2, 0.25) is 5.52 Å². The molecule has 40 heavy (non-hydrogen) atoms. The van der Waals surface area contributed by atoms with Gasteiger partial charge in [0.05, 0.1) is 28.3 Å². The van der Waals surface area contributed by atoms with Crippen molar-refractivity contribution >= 4 is 65.3 Å². The van der Waals surface area contributed by atoms with E-state index in [-0.39, 0.29) is 24.3 Å². The number of anilines is 1. The average Bonchev–Trinajstić information content (AvgIpc) is 3.42. The standard InChI is InChI=1S/C21H22N2O6S4.C6H15N/c24-32(25,26)13-5-11-22-16-7-1-3-9-18(16)30-20(22)15-21-23(12-6-14-33(27,28)29)17-8-2-4-10-19(17)31-21;1-4-7(5-2)6-3/h1-4,7-10,15H,5-6,11-14H2,(H-,24,25,26,27,28,29);4-6H2,1-3H3/p+1. The summed E-state index contributed by atoms with van der Waals surface area (Å²) in [5.74, 6) is -0.635. The van der Waals surface area contributed by atoms with Crippen LogP contribution in [-0.4, -0.2) is 68.5 Å². The van der Waals surface area contributed by atoms with E-state index < -0.39 is 20.2 Å². The minimum atomic E-state index is -4.04. The Hall–Kier alpha value is -2.00. The van der Waals surface area contributed by atoms with Gasteiger partial charge in [0.1, 0.15) is 4.70 Å². The molecule has 2 aromatic carbocycles. The maximum absolute atomic E-state index is 11.2. The molecule has 0 amide bonds. The molecule has 0 fully saturated rings. The largest absolute Gasteiger partial charge is 0.335 e. The normalized spacial score (nSPS) is 14.6. The van der Waals surface area contributed by atoms with E-state index in [1.807, 2.05) is 64.1 Å². The smallest absolute Gasteiger partial charge is 0.265 e. The number of hydrogen-bond acceptors (Lipinski definition) is 8. The SMILES string of the molecule is CCN(CC)CC.O=S(=O)(O)CCCN1/C(=C\c2sc3ccccc3[n+]2CCCS(=O)(=O)O)Sc2ccccc21. The van der Waals surface area contributed by atoms with E-state index in [4.69, 9.17) is 9.11 Å². The van der Waals surface area contributed by atoms with Crippen LogP contribution in [0.1, 0.15) is 38.6 Å². The quantitative estimate of drug-likeness (QED) is 0.211. The number of fused-ring (bicyclic) bond motifs is 2. The van der Waals surface area contributed by atoms with Crippen LogP contribution in [0.15, 0.2) is 58.5 Å². The van der Waals surface area contributed by atoms with Crippen molar-refractivity contribution in [3.8, 4) is 0 Å². The first-order chi connectivity index (χ1) is 19.0. The highest BCUT2D eigenvalue weighted by atomic mass is 32.2. The van der Waals surface area contributed by atoms with Gasteiger partial charge >= 0.3 is 0 Å². The van der Waals surface area contributed by atoms with E-state index in [1.54, 1.807) is 23.1 Å². The lowest BCUT2D eigenvalue weighted by Gasteiger charge is -2.19. The number of thiazole rings is 1. The molecular weight excluding hydrogens is 591 g/mol. The summed E-state index contributed by atoms with van der Waals surface area (Å²) in [5, 5.41) is 1.84. The van der Waals surface area contributed by atoms with Crippen molar-refractivity contribution in [2.75, 3.05) is 42.6 Å². The predicted octanol–water partition coefficient (Wildman–Crippen LogP) is 5.00. The second-order valence-corrected chi connectivity index (χ2v) is 14.4. The molecule has 0 saturated carbocycles. The fraction of sp³-hybridized carbons (Fsp3) is 0.444. The first-order valence-electron chi connectivity index (χ1n) is 13.3. The summed E-state index contributed by atoms with van der Waals surface area (Å²) in [5.41, 5.74) is 1.95. The fourth-order valence-corrected chi connectivity index (χ4v) is 7.68. The Balaban J connectivity index is 0.000000559. The lowest BCUT2D eigenvalue weighted by atomic mass is 10.3. The van der Waals surface area contributed by atoms with E-state index in [0.717, 1.165) is 30.8 Å². The number of benzene rings is 2. The van der Waals surface area contributed by atoms with Crippen LogP contribution in [0.25, 0.3) is 16.3 Å². The summed E-state index contributed by atoms with van der Waals surface area (Å²) in [4.78, 5) is 5.47. The highest BCUT2D eigenvalue weighted by molar-refractivity contribution is 8.03. The van der Waals surface area contributed by atoms with Crippen LogP contribution < -0.4 is 9.47 Å². The molecule has 0 aliphatic carbocycles. The Morgan fingerprint density at radius 2 is 1.48 bits per heavy atom. The molecule has 1 aromatic heterocycles. The van der Waals surface area contributed by atoms with Gasteiger partial charge < -0.3 is 9.80 Å². The van der Waals surface area contributed by atoms with Crippen molar-refractivity contribution in [3.63, 3.8) is 0 Å². The molecule has 0 saturated heterocycles.